The molecule has 0 aromatic rings. The third-order valence-electron chi connectivity index (χ3n) is 2.24. The highest BCUT2D eigenvalue weighted by Crippen LogP contribution is 2.13. The van der Waals surface area contributed by atoms with E-state index < -0.39 is 8.40 Å². The van der Waals surface area contributed by atoms with Crippen molar-refractivity contribution in [2.75, 3.05) is 13.1 Å². The van der Waals surface area contributed by atoms with E-state index in [4.69, 9.17) is 0 Å². The standard InChI is InChI=1S/C8H22N2Si/c1-6-9-11(5,8(3)4)10-7-2/h8-10H,6-7H2,1-5H3. The lowest BCUT2D eigenvalue weighted by Gasteiger charge is -2.32. The quantitative estimate of drug-likeness (QED) is 0.620. The van der Waals surface area contributed by atoms with Crippen LogP contribution in [-0.2, 0) is 0 Å². The van der Waals surface area contributed by atoms with Crippen molar-refractivity contribution in [3.05, 3.63) is 0 Å². The third-order valence-corrected chi connectivity index (χ3v) is 6.73. The summed E-state index contributed by atoms with van der Waals surface area (Å²) >= 11 is 0. The minimum atomic E-state index is -1.33. The smallest absolute Gasteiger partial charge is 0.200 e. The van der Waals surface area contributed by atoms with Crippen molar-refractivity contribution in [2.24, 2.45) is 0 Å². The van der Waals surface area contributed by atoms with Gasteiger partial charge in [-0.05, 0) is 25.2 Å². The van der Waals surface area contributed by atoms with Crippen molar-refractivity contribution in [1.29, 1.82) is 0 Å². The van der Waals surface area contributed by atoms with E-state index >= 15 is 0 Å². The minimum Gasteiger partial charge on any atom is -0.326 e. The van der Waals surface area contributed by atoms with Crippen molar-refractivity contribution in [3.8, 4) is 0 Å². The molecule has 0 saturated carbocycles. The van der Waals surface area contributed by atoms with Crippen molar-refractivity contribution in [1.82, 2.24) is 9.96 Å². The van der Waals surface area contributed by atoms with Crippen LogP contribution in [-0.4, -0.2) is 21.5 Å². The topological polar surface area (TPSA) is 24.1 Å². The number of hydrogen-bond donors (Lipinski definition) is 2. The molecule has 0 aliphatic rings. The Morgan fingerprint density at radius 3 is 1.64 bits per heavy atom. The molecule has 0 aliphatic heterocycles. The van der Waals surface area contributed by atoms with Crippen LogP contribution in [0.2, 0.25) is 12.1 Å². The van der Waals surface area contributed by atoms with Gasteiger partial charge in [-0.2, -0.15) is 0 Å². The molecule has 0 fully saturated rings. The summed E-state index contributed by atoms with van der Waals surface area (Å²) in [5, 5.41) is 0. The van der Waals surface area contributed by atoms with Crippen LogP contribution in [0, 0.1) is 0 Å². The molecule has 2 nitrogen and oxygen atoms in total. The maximum absolute atomic E-state index is 3.59. The molecule has 0 amide bonds. The number of nitrogens with one attached hydrogen (secondary N) is 2. The van der Waals surface area contributed by atoms with Crippen molar-refractivity contribution >= 4 is 8.40 Å². The van der Waals surface area contributed by atoms with Crippen LogP contribution in [0.4, 0.5) is 0 Å². The van der Waals surface area contributed by atoms with Gasteiger partial charge in [-0.25, -0.2) is 0 Å². The molecule has 0 bridgehead atoms. The minimum absolute atomic E-state index is 0.752. The average Bonchev–Trinajstić information content (AvgIpc) is 1.88. The molecule has 2 N–H and O–H groups in total. The highest BCUT2D eigenvalue weighted by atomic mass is 28.3. The van der Waals surface area contributed by atoms with E-state index in [0.717, 1.165) is 18.6 Å². The first kappa shape index (κ1) is 11.1. The van der Waals surface area contributed by atoms with Crippen LogP contribution in [0.25, 0.3) is 0 Å². The summed E-state index contributed by atoms with van der Waals surface area (Å²) in [6, 6.07) is 0. The Balaban J connectivity index is 4.01. The van der Waals surface area contributed by atoms with Crippen molar-refractivity contribution in [2.45, 2.75) is 39.8 Å². The van der Waals surface area contributed by atoms with Gasteiger partial charge in [0.15, 0.2) is 0 Å². The van der Waals surface area contributed by atoms with Crippen LogP contribution >= 0.6 is 0 Å². The molecule has 0 rings (SSSR count). The molecular weight excluding hydrogens is 152 g/mol. The second kappa shape index (κ2) is 4.90. The molecule has 0 aromatic carbocycles. The lowest BCUT2D eigenvalue weighted by molar-refractivity contribution is 0.794. The Morgan fingerprint density at radius 2 is 1.45 bits per heavy atom. The van der Waals surface area contributed by atoms with Crippen molar-refractivity contribution in [3.63, 3.8) is 0 Å². The van der Waals surface area contributed by atoms with Gasteiger partial charge in [0.2, 0.25) is 8.40 Å². The summed E-state index contributed by atoms with van der Waals surface area (Å²) in [6.07, 6.45) is 0. The van der Waals surface area contributed by atoms with Crippen LogP contribution < -0.4 is 9.96 Å². The summed E-state index contributed by atoms with van der Waals surface area (Å²) in [4.78, 5) is 7.17. The van der Waals surface area contributed by atoms with Gasteiger partial charge in [-0.15, -0.1) is 0 Å². The lowest BCUT2D eigenvalue weighted by atomic mass is 10.6. The molecule has 0 radical (unpaired) electrons. The Labute approximate surface area is 71.9 Å². The van der Waals surface area contributed by atoms with Gasteiger partial charge in [0.1, 0.15) is 0 Å². The zero-order chi connectivity index (χ0) is 8.91. The van der Waals surface area contributed by atoms with Crippen LogP contribution in [0.5, 0.6) is 0 Å². The third kappa shape index (κ3) is 3.36. The normalized spacial score (nSPS) is 12.5. The summed E-state index contributed by atoms with van der Waals surface area (Å²) in [6.45, 7) is 13.4. The molecule has 0 atom stereocenters. The highest BCUT2D eigenvalue weighted by molar-refractivity contribution is 6.75. The molecule has 0 saturated heterocycles. The molecule has 0 aromatic heterocycles. The molecule has 0 spiro atoms. The Kier molecular flexibility index (Phi) is 4.96. The molecule has 3 heteroatoms. The fourth-order valence-corrected chi connectivity index (χ4v) is 3.62. The largest absolute Gasteiger partial charge is 0.326 e. The van der Waals surface area contributed by atoms with E-state index in [9.17, 15) is 0 Å². The summed E-state index contributed by atoms with van der Waals surface area (Å²) in [5.74, 6) is 0. The van der Waals surface area contributed by atoms with Gasteiger partial charge >= 0.3 is 0 Å². The second-order valence-corrected chi connectivity index (χ2v) is 7.68. The summed E-state index contributed by atoms with van der Waals surface area (Å²) in [5.41, 5.74) is 0.752. The molecular formula is C8H22N2Si. The van der Waals surface area contributed by atoms with E-state index in [1.807, 2.05) is 0 Å². The molecule has 68 valence electrons. The van der Waals surface area contributed by atoms with E-state index in [1.54, 1.807) is 0 Å². The predicted molar refractivity (Wildman–Crippen MR) is 54.1 cm³/mol. The first-order chi connectivity index (χ1) is 5.06. The molecule has 0 heterocycles. The van der Waals surface area contributed by atoms with E-state index in [-0.39, 0.29) is 0 Å². The monoisotopic (exact) mass is 174 g/mol. The second-order valence-electron chi connectivity index (χ2n) is 3.42. The average molecular weight is 174 g/mol. The fourth-order valence-electron chi connectivity index (χ4n) is 1.21. The summed E-state index contributed by atoms with van der Waals surface area (Å²) < 4.78 is 0. The SMILES string of the molecule is CCN[Si](C)(NCC)C(C)C. The molecule has 0 unspecified atom stereocenters. The van der Waals surface area contributed by atoms with Gasteiger partial charge < -0.3 is 9.96 Å². The Hall–Kier alpha value is 0.137. The summed E-state index contributed by atoms with van der Waals surface area (Å²) in [7, 11) is -1.33. The van der Waals surface area contributed by atoms with Crippen LogP contribution in [0.1, 0.15) is 27.7 Å². The maximum Gasteiger partial charge on any atom is 0.200 e. The van der Waals surface area contributed by atoms with Crippen molar-refractivity contribution < 1.29 is 0 Å². The van der Waals surface area contributed by atoms with E-state index in [2.05, 4.69) is 44.2 Å². The zero-order valence-corrected chi connectivity index (χ0v) is 9.49. The highest BCUT2D eigenvalue weighted by Gasteiger charge is 2.29. The Bertz CT molecular complexity index is 98.3. The van der Waals surface area contributed by atoms with Gasteiger partial charge in [0.25, 0.3) is 0 Å². The van der Waals surface area contributed by atoms with Gasteiger partial charge in [-0.3, -0.25) is 0 Å². The number of hydrogen-bond acceptors (Lipinski definition) is 2. The molecule has 11 heavy (non-hydrogen) atoms. The van der Waals surface area contributed by atoms with E-state index in [0.29, 0.717) is 0 Å². The first-order valence-electron chi connectivity index (χ1n) is 4.56. The lowest BCUT2D eigenvalue weighted by Crippen LogP contribution is -2.62. The van der Waals surface area contributed by atoms with E-state index in [1.165, 1.54) is 0 Å². The van der Waals surface area contributed by atoms with Gasteiger partial charge in [0, 0.05) is 0 Å². The fraction of sp³-hybridized carbons (Fsp3) is 1.00. The number of rotatable bonds is 5. The maximum atomic E-state index is 3.59. The van der Waals surface area contributed by atoms with Gasteiger partial charge in [0.05, 0.1) is 0 Å². The Morgan fingerprint density at radius 1 is 1.09 bits per heavy atom. The molecule has 0 aliphatic carbocycles. The predicted octanol–water partition coefficient (Wildman–Crippen LogP) is 1.69. The zero-order valence-electron chi connectivity index (χ0n) is 8.49. The van der Waals surface area contributed by atoms with Gasteiger partial charge in [-0.1, -0.05) is 27.7 Å². The van der Waals surface area contributed by atoms with Crippen LogP contribution in [0.15, 0.2) is 0 Å². The van der Waals surface area contributed by atoms with Crippen LogP contribution in [0.3, 0.4) is 0 Å². The first-order valence-corrected chi connectivity index (χ1v) is 7.14.